The number of amidine groups is 1. The van der Waals surface area contributed by atoms with E-state index in [1.54, 1.807) is 0 Å². The zero-order chi connectivity index (χ0) is 15.6. The molecule has 0 radical (unpaired) electrons. The molecule has 0 amide bonds. The molecular weight excluding hydrogens is 279 g/mol. The first-order valence-corrected chi connectivity index (χ1v) is 7.13. The van der Waals surface area contributed by atoms with Gasteiger partial charge in [0.1, 0.15) is 5.84 Å². The predicted molar refractivity (Wildman–Crippen MR) is 77.7 cm³/mol. The maximum Gasteiger partial charge on any atom is 0.416 e. The molecule has 0 saturated heterocycles. The van der Waals surface area contributed by atoms with E-state index in [1.807, 2.05) is 6.92 Å². The molecule has 0 aliphatic heterocycles. The van der Waals surface area contributed by atoms with Gasteiger partial charge in [-0.1, -0.05) is 6.92 Å². The molecule has 0 bridgehead atoms. The Morgan fingerprint density at radius 3 is 2.52 bits per heavy atom. The van der Waals surface area contributed by atoms with Gasteiger partial charge in [0.15, 0.2) is 0 Å². The highest BCUT2D eigenvalue weighted by Gasteiger charge is 2.32. The van der Waals surface area contributed by atoms with Gasteiger partial charge in [-0.25, -0.2) is 0 Å². The molecule has 6 heteroatoms. The number of benzene rings is 1. The van der Waals surface area contributed by atoms with Crippen molar-refractivity contribution in [3.8, 4) is 0 Å². The third kappa shape index (κ3) is 3.89. The molecule has 3 N–H and O–H groups in total. The minimum absolute atomic E-state index is 0.166. The van der Waals surface area contributed by atoms with Crippen LogP contribution in [0.2, 0.25) is 0 Å². The molecule has 1 saturated carbocycles. The number of nitrogen functional groups attached to an aromatic ring is 1. The number of nitrogens with two attached hydrogens (primary N) is 1. The Kier molecular flexibility index (Phi) is 4.44. The molecule has 116 valence electrons. The Bertz CT molecular complexity index is 521. The number of anilines is 1. The van der Waals surface area contributed by atoms with Crippen LogP contribution in [0.3, 0.4) is 0 Å². The highest BCUT2D eigenvalue weighted by atomic mass is 19.4. The van der Waals surface area contributed by atoms with Crippen molar-refractivity contribution in [2.45, 2.75) is 32.4 Å². The van der Waals surface area contributed by atoms with Crippen molar-refractivity contribution in [1.29, 1.82) is 5.41 Å². The van der Waals surface area contributed by atoms with E-state index < -0.39 is 11.7 Å². The summed E-state index contributed by atoms with van der Waals surface area (Å²) >= 11 is 0. The molecular formula is C15H20F3N3. The van der Waals surface area contributed by atoms with Crippen LogP contribution in [0.25, 0.3) is 0 Å². The fourth-order valence-corrected chi connectivity index (χ4v) is 2.40. The summed E-state index contributed by atoms with van der Waals surface area (Å²) in [5.74, 6) is 0.284. The summed E-state index contributed by atoms with van der Waals surface area (Å²) in [5.41, 5.74) is 5.53. The van der Waals surface area contributed by atoms with Gasteiger partial charge in [0.2, 0.25) is 0 Å². The van der Waals surface area contributed by atoms with E-state index in [1.165, 1.54) is 6.07 Å². The van der Waals surface area contributed by atoms with E-state index in [0.29, 0.717) is 11.6 Å². The summed E-state index contributed by atoms with van der Waals surface area (Å²) in [6.07, 6.45) is -1.20. The summed E-state index contributed by atoms with van der Waals surface area (Å²) in [5, 5.41) is 7.58. The fraction of sp³-hybridized carbons (Fsp3) is 0.533. The number of nitrogens with zero attached hydrogens (tertiary/aromatic N) is 1. The van der Waals surface area contributed by atoms with Crippen molar-refractivity contribution in [2.75, 3.05) is 18.0 Å². The summed E-state index contributed by atoms with van der Waals surface area (Å²) in [6.45, 7) is 3.60. The Labute approximate surface area is 122 Å². The lowest BCUT2D eigenvalue weighted by molar-refractivity contribution is -0.137. The Hall–Kier alpha value is -1.72. The molecule has 0 heterocycles. The van der Waals surface area contributed by atoms with E-state index in [-0.39, 0.29) is 11.4 Å². The minimum atomic E-state index is -4.42. The van der Waals surface area contributed by atoms with Crippen LogP contribution in [0.1, 0.15) is 37.3 Å². The van der Waals surface area contributed by atoms with Crippen LogP contribution in [-0.2, 0) is 6.18 Å². The molecule has 1 aromatic carbocycles. The summed E-state index contributed by atoms with van der Waals surface area (Å²) in [6, 6.07) is 3.49. The highest BCUT2D eigenvalue weighted by Crippen LogP contribution is 2.35. The number of alkyl halides is 3. The van der Waals surface area contributed by atoms with Crippen molar-refractivity contribution >= 4 is 11.5 Å². The maximum absolute atomic E-state index is 12.8. The van der Waals surface area contributed by atoms with Crippen molar-refractivity contribution in [3.63, 3.8) is 0 Å². The molecule has 0 atom stereocenters. The standard InChI is InChI=1S/C15H20F3N3/c1-2-7-21(9-10-3-4-10)13-6-5-11(15(16,17)18)8-12(13)14(19)20/h5-6,8,10H,2-4,7,9H2,1H3,(H3,19,20). The lowest BCUT2D eigenvalue weighted by Crippen LogP contribution is -2.29. The molecule has 1 aliphatic rings. The third-order valence-electron chi connectivity index (χ3n) is 3.62. The summed E-state index contributed by atoms with van der Waals surface area (Å²) in [7, 11) is 0. The van der Waals surface area contributed by atoms with Gasteiger partial charge in [-0.2, -0.15) is 13.2 Å². The van der Waals surface area contributed by atoms with Crippen LogP contribution < -0.4 is 10.6 Å². The van der Waals surface area contributed by atoms with Gasteiger partial charge in [0, 0.05) is 24.3 Å². The van der Waals surface area contributed by atoms with Gasteiger partial charge in [-0.3, -0.25) is 5.41 Å². The second kappa shape index (κ2) is 5.95. The number of nitrogens with one attached hydrogen (secondary N) is 1. The monoisotopic (exact) mass is 299 g/mol. The molecule has 21 heavy (non-hydrogen) atoms. The third-order valence-corrected chi connectivity index (χ3v) is 3.62. The first-order chi connectivity index (χ1) is 9.82. The number of halogens is 3. The second-order valence-corrected chi connectivity index (χ2v) is 5.53. The van der Waals surface area contributed by atoms with Gasteiger partial charge in [-0.15, -0.1) is 0 Å². The van der Waals surface area contributed by atoms with Crippen LogP contribution in [0.4, 0.5) is 18.9 Å². The quantitative estimate of drug-likeness (QED) is 0.622. The molecule has 1 fully saturated rings. The van der Waals surface area contributed by atoms with Crippen molar-refractivity contribution in [3.05, 3.63) is 29.3 Å². The average molecular weight is 299 g/mol. The van der Waals surface area contributed by atoms with Gasteiger partial charge < -0.3 is 10.6 Å². The van der Waals surface area contributed by atoms with E-state index >= 15 is 0 Å². The van der Waals surface area contributed by atoms with Crippen LogP contribution in [0.5, 0.6) is 0 Å². The van der Waals surface area contributed by atoms with E-state index in [2.05, 4.69) is 4.90 Å². The molecule has 1 aliphatic carbocycles. The predicted octanol–water partition coefficient (Wildman–Crippen LogP) is 3.62. The van der Waals surface area contributed by atoms with E-state index in [0.717, 1.165) is 44.5 Å². The van der Waals surface area contributed by atoms with Gasteiger partial charge >= 0.3 is 6.18 Å². The summed E-state index contributed by atoms with van der Waals surface area (Å²) < 4.78 is 38.4. The lowest BCUT2D eigenvalue weighted by Gasteiger charge is -2.27. The lowest BCUT2D eigenvalue weighted by atomic mass is 10.1. The van der Waals surface area contributed by atoms with E-state index in [9.17, 15) is 13.2 Å². The topological polar surface area (TPSA) is 53.1 Å². The largest absolute Gasteiger partial charge is 0.416 e. The fourth-order valence-electron chi connectivity index (χ4n) is 2.40. The number of hydrogen-bond acceptors (Lipinski definition) is 2. The molecule has 0 spiro atoms. The minimum Gasteiger partial charge on any atom is -0.384 e. The van der Waals surface area contributed by atoms with Crippen molar-refractivity contribution in [2.24, 2.45) is 11.7 Å². The van der Waals surface area contributed by atoms with Gasteiger partial charge in [0.05, 0.1) is 5.56 Å². The van der Waals surface area contributed by atoms with Gasteiger partial charge in [-0.05, 0) is 43.4 Å². The van der Waals surface area contributed by atoms with Gasteiger partial charge in [0.25, 0.3) is 0 Å². The van der Waals surface area contributed by atoms with Crippen LogP contribution in [-0.4, -0.2) is 18.9 Å². The second-order valence-electron chi connectivity index (χ2n) is 5.53. The van der Waals surface area contributed by atoms with Crippen LogP contribution in [0.15, 0.2) is 18.2 Å². The molecule has 0 unspecified atom stereocenters. The van der Waals surface area contributed by atoms with Crippen molar-refractivity contribution < 1.29 is 13.2 Å². The highest BCUT2D eigenvalue weighted by molar-refractivity contribution is 6.00. The zero-order valence-corrected chi connectivity index (χ0v) is 12.0. The van der Waals surface area contributed by atoms with Crippen molar-refractivity contribution in [1.82, 2.24) is 0 Å². The smallest absolute Gasteiger partial charge is 0.384 e. The Morgan fingerprint density at radius 2 is 2.05 bits per heavy atom. The Balaban J connectivity index is 2.37. The van der Waals surface area contributed by atoms with Crippen LogP contribution in [0, 0.1) is 11.3 Å². The summed E-state index contributed by atoms with van der Waals surface area (Å²) in [4.78, 5) is 2.05. The molecule has 1 aromatic rings. The molecule has 2 rings (SSSR count). The maximum atomic E-state index is 12.8. The average Bonchev–Trinajstić information content (AvgIpc) is 3.20. The van der Waals surface area contributed by atoms with Crippen LogP contribution >= 0.6 is 0 Å². The normalized spacial score (nSPS) is 15.0. The zero-order valence-electron chi connectivity index (χ0n) is 12.0. The van der Waals surface area contributed by atoms with E-state index in [4.69, 9.17) is 11.1 Å². The first-order valence-electron chi connectivity index (χ1n) is 7.13. The SMILES string of the molecule is CCCN(CC1CC1)c1ccc(C(F)(F)F)cc1C(=N)N. The number of hydrogen-bond donors (Lipinski definition) is 2. The molecule has 3 nitrogen and oxygen atoms in total. The molecule has 0 aromatic heterocycles. The first kappa shape index (κ1) is 15.7. The number of rotatable bonds is 6. The Morgan fingerprint density at radius 1 is 1.38 bits per heavy atom.